The van der Waals surface area contributed by atoms with Gasteiger partial charge in [-0.2, -0.15) is 0 Å². The van der Waals surface area contributed by atoms with Crippen LogP contribution in [0.15, 0.2) is 42.5 Å². The molecule has 3 nitrogen and oxygen atoms in total. The van der Waals surface area contributed by atoms with Crippen molar-refractivity contribution in [1.29, 1.82) is 0 Å². The first-order chi connectivity index (χ1) is 10.3. The van der Waals surface area contributed by atoms with Crippen LogP contribution >= 0.6 is 11.6 Å². The summed E-state index contributed by atoms with van der Waals surface area (Å²) in [6.45, 7) is 1.18. The number of alkyl halides is 1. The van der Waals surface area contributed by atoms with E-state index < -0.39 is 0 Å². The van der Waals surface area contributed by atoms with Gasteiger partial charge in [-0.3, -0.25) is 0 Å². The minimum absolute atomic E-state index is 0.118. The number of benzene rings is 2. The van der Waals surface area contributed by atoms with Gasteiger partial charge in [0.1, 0.15) is 19.0 Å². The number of hydrogen-bond acceptors (Lipinski definition) is 3. The van der Waals surface area contributed by atoms with E-state index >= 15 is 0 Å². The zero-order chi connectivity index (χ0) is 14.7. The minimum Gasteiger partial charge on any atom is -0.497 e. The summed E-state index contributed by atoms with van der Waals surface area (Å²) in [5, 5.41) is -0.118. The lowest BCUT2D eigenvalue weighted by atomic mass is 10.0. The average Bonchev–Trinajstić information content (AvgIpc) is 2.54. The van der Waals surface area contributed by atoms with E-state index in [4.69, 9.17) is 25.8 Å². The highest BCUT2D eigenvalue weighted by atomic mass is 35.5. The Morgan fingerprint density at radius 1 is 1.10 bits per heavy atom. The summed E-state index contributed by atoms with van der Waals surface area (Å²) in [6, 6.07) is 13.8. The first kappa shape index (κ1) is 14.1. The number of rotatable bonds is 4. The Labute approximate surface area is 129 Å². The van der Waals surface area contributed by atoms with E-state index in [0.29, 0.717) is 13.2 Å². The molecule has 0 amide bonds. The van der Waals surface area contributed by atoms with Crippen LogP contribution in [0.4, 0.5) is 0 Å². The van der Waals surface area contributed by atoms with Crippen LogP contribution in [0, 0.1) is 0 Å². The van der Waals surface area contributed by atoms with Gasteiger partial charge in [0.05, 0.1) is 12.5 Å². The summed E-state index contributed by atoms with van der Waals surface area (Å²) >= 11 is 6.54. The molecule has 0 radical (unpaired) electrons. The van der Waals surface area contributed by atoms with Crippen molar-refractivity contribution < 1.29 is 14.2 Å². The lowest BCUT2D eigenvalue weighted by Gasteiger charge is -2.20. The number of fused-ring (bicyclic) bond motifs is 1. The van der Waals surface area contributed by atoms with Crippen molar-refractivity contribution in [2.75, 3.05) is 20.3 Å². The predicted octanol–water partition coefficient (Wildman–Crippen LogP) is 3.99. The van der Waals surface area contributed by atoms with Crippen LogP contribution in [0.3, 0.4) is 0 Å². The fourth-order valence-corrected chi connectivity index (χ4v) is 2.69. The van der Waals surface area contributed by atoms with E-state index in [0.717, 1.165) is 34.8 Å². The van der Waals surface area contributed by atoms with Gasteiger partial charge >= 0.3 is 0 Å². The van der Waals surface area contributed by atoms with Crippen LogP contribution < -0.4 is 14.2 Å². The molecule has 0 saturated heterocycles. The fraction of sp³-hybridized carbons (Fsp3) is 0.294. The molecule has 0 N–H and O–H groups in total. The van der Waals surface area contributed by atoms with Crippen LogP contribution in [0.5, 0.6) is 17.2 Å². The standard InChI is InChI=1S/C17H17ClO3/c1-19-14-4-2-3-12(9-14)10-15(18)13-5-6-16-17(11-13)21-8-7-20-16/h2-6,9,11,15H,7-8,10H2,1H3. The SMILES string of the molecule is COc1cccc(CC(Cl)c2ccc3c(c2)OCCO3)c1. The first-order valence-electron chi connectivity index (χ1n) is 6.93. The van der Waals surface area contributed by atoms with E-state index in [2.05, 4.69) is 6.07 Å². The molecule has 21 heavy (non-hydrogen) atoms. The molecule has 0 saturated carbocycles. The third kappa shape index (κ3) is 3.24. The van der Waals surface area contributed by atoms with E-state index in [1.165, 1.54) is 0 Å². The quantitative estimate of drug-likeness (QED) is 0.799. The summed E-state index contributed by atoms with van der Waals surface area (Å²) in [7, 11) is 1.66. The maximum Gasteiger partial charge on any atom is 0.161 e. The molecule has 1 aliphatic heterocycles. The normalized spacial score (nSPS) is 14.6. The summed E-state index contributed by atoms with van der Waals surface area (Å²) in [4.78, 5) is 0. The maximum atomic E-state index is 6.54. The molecule has 0 aromatic heterocycles. The zero-order valence-electron chi connectivity index (χ0n) is 11.8. The van der Waals surface area contributed by atoms with Gasteiger partial charge in [0.25, 0.3) is 0 Å². The third-order valence-corrected chi connectivity index (χ3v) is 3.88. The Bertz CT molecular complexity index is 627. The Morgan fingerprint density at radius 3 is 2.71 bits per heavy atom. The molecule has 1 unspecified atom stereocenters. The molecule has 0 fully saturated rings. The summed E-state index contributed by atoms with van der Waals surface area (Å²) in [5.74, 6) is 2.41. The largest absolute Gasteiger partial charge is 0.497 e. The average molecular weight is 305 g/mol. The maximum absolute atomic E-state index is 6.54. The number of halogens is 1. The summed E-state index contributed by atoms with van der Waals surface area (Å²) < 4.78 is 16.4. The van der Waals surface area contributed by atoms with Crippen LogP contribution in [0.2, 0.25) is 0 Å². The van der Waals surface area contributed by atoms with E-state index in [1.807, 2.05) is 36.4 Å². The van der Waals surface area contributed by atoms with Crippen molar-refractivity contribution in [2.24, 2.45) is 0 Å². The molecular weight excluding hydrogens is 288 g/mol. The lowest BCUT2D eigenvalue weighted by Crippen LogP contribution is -2.15. The topological polar surface area (TPSA) is 27.7 Å². The first-order valence-corrected chi connectivity index (χ1v) is 7.36. The van der Waals surface area contributed by atoms with Gasteiger partial charge in [-0.05, 0) is 41.8 Å². The highest BCUT2D eigenvalue weighted by Gasteiger charge is 2.16. The van der Waals surface area contributed by atoms with Crippen LogP contribution in [0.25, 0.3) is 0 Å². The second kappa shape index (κ2) is 6.27. The molecule has 0 spiro atoms. The van der Waals surface area contributed by atoms with Crippen molar-refractivity contribution in [3.8, 4) is 17.2 Å². The molecule has 3 rings (SSSR count). The monoisotopic (exact) mass is 304 g/mol. The van der Waals surface area contributed by atoms with Crippen LogP contribution in [0.1, 0.15) is 16.5 Å². The van der Waals surface area contributed by atoms with E-state index in [1.54, 1.807) is 7.11 Å². The van der Waals surface area contributed by atoms with E-state index in [9.17, 15) is 0 Å². The van der Waals surface area contributed by atoms with Crippen molar-refractivity contribution in [3.05, 3.63) is 53.6 Å². The smallest absolute Gasteiger partial charge is 0.161 e. The molecule has 1 aliphatic rings. The van der Waals surface area contributed by atoms with Crippen LogP contribution in [-0.2, 0) is 6.42 Å². The molecule has 1 atom stereocenters. The van der Waals surface area contributed by atoms with Gasteiger partial charge in [-0.15, -0.1) is 11.6 Å². The van der Waals surface area contributed by atoms with Gasteiger partial charge in [-0.1, -0.05) is 18.2 Å². The lowest BCUT2D eigenvalue weighted by molar-refractivity contribution is 0.171. The Hall–Kier alpha value is -1.87. The molecule has 2 aromatic rings. The highest BCUT2D eigenvalue weighted by Crippen LogP contribution is 2.35. The number of methoxy groups -OCH3 is 1. The van der Waals surface area contributed by atoms with Crippen LogP contribution in [-0.4, -0.2) is 20.3 Å². The molecule has 0 aliphatic carbocycles. The summed E-state index contributed by atoms with van der Waals surface area (Å²) in [5.41, 5.74) is 2.17. The van der Waals surface area contributed by atoms with Gasteiger partial charge < -0.3 is 14.2 Å². The van der Waals surface area contributed by atoms with Crippen molar-refractivity contribution in [3.63, 3.8) is 0 Å². The molecule has 2 aromatic carbocycles. The highest BCUT2D eigenvalue weighted by molar-refractivity contribution is 6.21. The molecule has 1 heterocycles. The number of ether oxygens (including phenoxy) is 3. The van der Waals surface area contributed by atoms with Crippen molar-refractivity contribution in [2.45, 2.75) is 11.8 Å². The van der Waals surface area contributed by atoms with Gasteiger partial charge in [-0.25, -0.2) is 0 Å². The second-order valence-corrected chi connectivity index (χ2v) is 5.45. The second-order valence-electron chi connectivity index (χ2n) is 4.93. The predicted molar refractivity (Wildman–Crippen MR) is 82.7 cm³/mol. The van der Waals surface area contributed by atoms with Gasteiger partial charge in [0, 0.05) is 0 Å². The minimum atomic E-state index is -0.118. The zero-order valence-corrected chi connectivity index (χ0v) is 12.6. The Morgan fingerprint density at radius 2 is 1.90 bits per heavy atom. The molecule has 0 bridgehead atoms. The molecule has 4 heteroatoms. The van der Waals surface area contributed by atoms with Gasteiger partial charge in [0.2, 0.25) is 0 Å². The Balaban J connectivity index is 1.76. The van der Waals surface area contributed by atoms with E-state index in [-0.39, 0.29) is 5.38 Å². The van der Waals surface area contributed by atoms with Crippen molar-refractivity contribution >= 4 is 11.6 Å². The fourth-order valence-electron chi connectivity index (χ4n) is 2.38. The molecule has 110 valence electrons. The number of hydrogen-bond donors (Lipinski definition) is 0. The Kier molecular flexibility index (Phi) is 4.20. The summed E-state index contributed by atoms with van der Waals surface area (Å²) in [6.07, 6.45) is 0.735. The van der Waals surface area contributed by atoms with Gasteiger partial charge in [0.15, 0.2) is 11.5 Å². The molecular formula is C17H17ClO3. The van der Waals surface area contributed by atoms with Crippen molar-refractivity contribution in [1.82, 2.24) is 0 Å². The third-order valence-electron chi connectivity index (χ3n) is 3.48.